The third-order valence-electron chi connectivity index (χ3n) is 3.58. The number of aromatic nitrogens is 2. The van der Waals surface area contributed by atoms with Crippen LogP contribution in [0, 0.1) is 0 Å². The molecule has 1 aromatic carbocycles. The molecule has 0 amide bonds. The normalized spacial score (nSPS) is 19.1. The standard InChI is InChI=1S/C14H14Cl2N2O2/c1-9(13-7-17-8-18-13)14(19-4-5-20-14)11-3-2-10(15)6-12(11)16/h2-3,6-9H,4-5H2,1H3,(H,17,18). The zero-order valence-electron chi connectivity index (χ0n) is 10.9. The predicted molar refractivity (Wildman–Crippen MR) is 77.0 cm³/mol. The first kappa shape index (κ1) is 13.9. The van der Waals surface area contributed by atoms with Crippen molar-refractivity contribution in [3.63, 3.8) is 0 Å². The molecule has 1 N–H and O–H groups in total. The molecule has 6 heteroatoms. The van der Waals surface area contributed by atoms with Gasteiger partial charge in [0.15, 0.2) is 0 Å². The largest absolute Gasteiger partial charge is 0.348 e. The van der Waals surface area contributed by atoms with Crippen LogP contribution in [0.2, 0.25) is 10.0 Å². The summed E-state index contributed by atoms with van der Waals surface area (Å²) in [7, 11) is 0. The number of halogens is 2. The summed E-state index contributed by atoms with van der Waals surface area (Å²) in [5.74, 6) is -0.986. The average Bonchev–Trinajstić information content (AvgIpc) is 3.10. The summed E-state index contributed by atoms with van der Waals surface area (Å²) in [5, 5.41) is 1.12. The van der Waals surface area contributed by atoms with Crippen LogP contribution in [0.25, 0.3) is 0 Å². The number of hydrogen-bond acceptors (Lipinski definition) is 3. The minimum atomic E-state index is -0.909. The van der Waals surface area contributed by atoms with Crippen molar-refractivity contribution in [2.75, 3.05) is 13.2 Å². The van der Waals surface area contributed by atoms with Gasteiger partial charge in [0.25, 0.3) is 0 Å². The second kappa shape index (κ2) is 5.37. The minimum absolute atomic E-state index is 0.0776. The van der Waals surface area contributed by atoms with Gasteiger partial charge in [-0.2, -0.15) is 0 Å². The van der Waals surface area contributed by atoms with Gasteiger partial charge in [0, 0.05) is 22.5 Å². The van der Waals surface area contributed by atoms with E-state index >= 15 is 0 Å². The second-order valence-electron chi connectivity index (χ2n) is 4.72. The first-order chi connectivity index (χ1) is 9.63. The number of aromatic amines is 1. The zero-order chi connectivity index (χ0) is 14.2. The fraction of sp³-hybridized carbons (Fsp3) is 0.357. The molecule has 0 bridgehead atoms. The van der Waals surface area contributed by atoms with Crippen LogP contribution in [-0.2, 0) is 15.3 Å². The highest BCUT2D eigenvalue weighted by Gasteiger charge is 2.46. The number of ether oxygens (including phenoxy) is 2. The van der Waals surface area contributed by atoms with E-state index in [1.807, 2.05) is 13.0 Å². The van der Waals surface area contributed by atoms with E-state index in [1.54, 1.807) is 24.7 Å². The number of nitrogens with one attached hydrogen (secondary N) is 1. The smallest absolute Gasteiger partial charge is 0.204 e. The molecule has 1 aromatic heterocycles. The monoisotopic (exact) mass is 312 g/mol. The Morgan fingerprint density at radius 1 is 1.30 bits per heavy atom. The van der Waals surface area contributed by atoms with E-state index in [0.29, 0.717) is 23.3 Å². The van der Waals surface area contributed by atoms with Crippen molar-refractivity contribution in [3.05, 3.63) is 52.0 Å². The van der Waals surface area contributed by atoms with Gasteiger partial charge in [-0.3, -0.25) is 0 Å². The molecule has 3 rings (SSSR count). The zero-order valence-corrected chi connectivity index (χ0v) is 12.4. The Hall–Kier alpha value is -1.07. The van der Waals surface area contributed by atoms with Crippen LogP contribution >= 0.6 is 23.2 Å². The highest BCUT2D eigenvalue weighted by molar-refractivity contribution is 6.35. The van der Waals surface area contributed by atoms with Crippen LogP contribution in [0.3, 0.4) is 0 Å². The Kier molecular flexibility index (Phi) is 3.73. The third kappa shape index (κ3) is 2.23. The van der Waals surface area contributed by atoms with Crippen LogP contribution < -0.4 is 0 Å². The minimum Gasteiger partial charge on any atom is -0.348 e. The number of benzene rings is 1. The van der Waals surface area contributed by atoms with E-state index in [9.17, 15) is 0 Å². The van der Waals surface area contributed by atoms with Crippen molar-refractivity contribution in [3.8, 4) is 0 Å². The maximum atomic E-state index is 6.33. The number of imidazole rings is 1. The Bertz CT molecular complexity index is 595. The number of rotatable bonds is 3. The first-order valence-electron chi connectivity index (χ1n) is 6.35. The maximum absolute atomic E-state index is 6.33. The SMILES string of the molecule is CC(c1cnc[nH]1)C1(c2ccc(Cl)cc2Cl)OCCO1. The highest BCUT2D eigenvalue weighted by Crippen LogP contribution is 2.46. The van der Waals surface area contributed by atoms with E-state index in [0.717, 1.165) is 11.3 Å². The molecule has 1 aliphatic rings. The van der Waals surface area contributed by atoms with E-state index in [-0.39, 0.29) is 5.92 Å². The molecule has 1 atom stereocenters. The molecule has 0 saturated carbocycles. The van der Waals surface area contributed by atoms with E-state index in [4.69, 9.17) is 32.7 Å². The summed E-state index contributed by atoms with van der Waals surface area (Å²) in [6.45, 7) is 3.07. The second-order valence-corrected chi connectivity index (χ2v) is 5.56. The lowest BCUT2D eigenvalue weighted by Gasteiger charge is -2.34. The van der Waals surface area contributed by atoms with Gasteiger partial charge < -0.3 is 14.5 Å². The molecule has 106 valence electrons. The van der Waals surface area contributed by atoms with Crippen LogP contribution in [0.5, 0.6) is 0 Å². The van der Waals surface area contributed by atoms with Gasteiger partial charge in [0.05, 0.1) is 30.5 Å². The van der Waals surface area contributed by atoms with E-state index in [2.05, 4.69) is 9.97 Å². The van der Waals surface area contributed by atoms with Crippen molar-refractivity contribution in [2.45, 2.75) is 18.6 Å². The van der Waals surface area contributed by atoms with E-state index < -0.39 is 5.79 Å². The average molecular weight is 313 g/mol. The van der Waals surface area contributed by atoms with Crippen molar-refractivity contribution in [1.82, 2.24) is 9.97 Å². The number of H-pyrrole nitrogens is 1. The summed E-state index contributed by atoms with van der Waals surface area (Å²) in [6, 6.07) is 5.34. The van der Waals surface area contributed by atoms with Crippen molar-refractivity contribution in [2.24, 2.45) is 0 Å². The molecule has 2 heterocycles. The number of nitrogens with zero attached hydrogens (tertiary/aromatic N) is 1. The lowest BCUT2D eigenvalue weighted by molar-refractivity contribution is -0.181. The van der Waals surface area contributed by atoms with Gasteiger partial charge >= 0.3 is 0 Å². The van der Waals surface area contributed by atoms with Crippen molar-refractivity contribution >= 4 is 23.2 Å². The Morgan fingerprint density at radius 2 is 2.05 bits per heavy atom. The molecule has 4 nitrogen and oxygen atoms in total. The lowest BCUT2D eigenvalue weighted by atomic mass is 9.90. The molecule has 0 radical (unpaired) electrons. The fourth-order valence-corrected chi connectivity index (χ4v) is 3.09. The molecule has 1 fully saturated rings. The summed E-state index contributed by atoms with van der Waals surface area (Å²) in [4.78, 5) is 7.15. The van der Waals surface area contributed by atoms with Gasteiger partial charge in [-0.15, -0.1) is 0 Å². The molecule has 0 aliphatic carbocycles. The van der Waals surface area contributed by atoms with Gasteiger partial charge in [0.2, 0.25) is 5.79 Å². The molecule has 2 aromatic rings. The quantitative estimate of drug-likeness (QED) is 0.939. The van der Waals surface area contributed by atoms with E-state index in [1.165, 1.54) is 0 Å². The Balaban J connectivity index is 2.08. The van der Waals surface area contributed by atoms with Crippen LogP contribution in [0.15, 0.2) is 30.7 Å². The summed E-state index contributed by atoms with van der Waals surface area (Å²) >= 11 is 12.3. The lowest BCUT2D eigenvalue weighted by Crippen LogP contribution is -2.34. The molecule has 1 saturated heterocycles. The molecule has 1 aliphatic heterocycles. The summed E-state index contributed by atoms with van der Waals surface area (Å²) in [5.41, 5.74) is 1.71. The molecule has 0 spiro atoms. The van der Waals surface area contributed by atoms with Gasteiger partial charge in [0.1, 0.15) is 0 Å². The number of hydrogen-bond donors (Lipinski definition) is 1. The van der Waals surface area contributed by atoms with Gasteiger partial charge in [-0.05, 0) is 12.1 Å². The Morgan fingerprint density at radius 3 is 2.65 bits per heavy atom. The fourth-order valence-electron chi connectivity index (χ4n) is 2.55. The maximum Gasteiger partial charge on any atom is 0.204 e. The summed E-state index contributed by atoms with van der Waals surface area (Å²) < 4.78 is 11.9. The Labute approximate surface area is 127 Å². The predicted octanol–water partition coefficient (Wildman–Crippen LogP) is 3.72. The first-order valence-corrected chi connectivity index (χ1v) is 7.11. The molecule has 1 unspecified atom stereocenters. The van der Waals surface area contributed by atoms with Crippen LogP contribution in [0.4, 0.5) is 0 Å². The van der Waals surface area contributed by atoms with Crippen LogP contribution in [-0.4, -0.2) is 23.2 Å². The third-order valence-corrected chi connectivity index (χ3v) is 4.13. The highest BCUT2D eigenvalue weighted by atomic mass is 35.5. The van der Waals surface area contributed by atoms with Crippen molar-refractivity contribution in [1.29, 1.82) is 0 Å². The topological polar surface area (TPSA) is 47.1 Å². The summed E-state index contributed by atoms with van der Waals surface area (Å²) in [6.07, 6.45) is 3.40. The van der Waals surface area contributed by atoms with Crippen LogP contribution in [0.1, 0.15) is 24.1 Å². The molecular formula is C14H14Cl2N2O2. The molecular weight excluding hydrogens is 299 g/mol. The van der Waals surface area contributed by atoms with Gasteiger partial charge in [-0.25, -0.2) is 4.98 Å². The molecule has 20 heavy (non-hydrogen) atoms. The van der Waals surface area contributed by atoms with Gasteiger partial charge in [-0.1, -0.05) is 36.2 Å². The van der Waals surface area contributed by atoms with Crippen molar-refractivity contribution < 1.29 is 9.47 Å².